The highest BCUT2D eigenvalue weighted by molar-refractivity contribution is 14.0. The lowest BCUT2D eigenvalue weighted by Gasteiger charge is -2.20. The van der Waals surface area contributed by atoms with Gasteiger partial charge in [-0.2, -0.15) is 0 Å². The number of guanidine groups is 1. The molecule has 8 heteroatoms. The second-order valence-corrected chi connectivity index (χ2v) is 7.85. The first-order valence-electron chi connectivity index (χ1n) is 9.36. The van der Waals surface area contributed by atoms with E-state index in [9.17, 15) is 0 Å². The van der Waals surface area contributed by atoms with Crippen LogP contribution in [0.3, 0.4) is 0 Å². The number of para-hydroxylation sites is 1. The summed E-state index contributed by atoms with van der Waals surface area (Å²) in [5.41, 5.74) is 2.58. The van der Waals surface area contributed by atoms with E-state index in [2.05, 4.69) is 66.0 Å². The second kappa shape index (κ2) is 9.71. The van der Waals surface area contributed by atoms with Crippen molar-refractivity contribution in [2.45, 2.75) is 24.8 Å². The average molecular weight is 567 g/mol. The Hall–Kier alpha value is -1.94. The lowest BCUT2D eigenvalue weighted by Crippen LogP contribution is -2.41. The lowest BCUT2D eigenvalue weighted by atomic mass is 9.96. The van der Waals surface area contributed by atoms with Gasteiger partial charge in [0.2, 0.25) is 0 Å². The monoisotopic (exact) mass is 566 g/mol. The van der Waals surface area contributed by atoms with Gasteiger partial charge in [0, 0.05) is 29.2 Å². The molecule has 0 bridgehead atoms. The van der Waals surface area contributed by atoms with Crippen LogP contribution in [0.4, 0.5) is 0 Å². The molecule has 0 aliphatic heterocycles. The van der Waals surface area contributed by atoms with Crippen LogP contribution in [-0.2, 0) is 12.0 Å². The van der Waals surface area contributed by atoms with Crippen LogP contribution in [0.1, 0.15) is 24.2 Å². The van der Waals surface area contributed by atoms with Crippen LogP contribution in [0, 0.1) is 0 Å². The summed E-state index contributed by atoms with van der Waals surface area (Å²) in [6.07, 6.45) is 4.10. The SMILES string of the molecule is CN=C(NCc1nncn1-c1ccccc1)NCC1(c2ccccc2Br)CC1.I. The number of hydrogen-bond acceptors (Lipinski definition) is 3. The van der Waals surface area contributed by atoms with Crippen molar-refractivity contribution in [1.29, 1.82) is 0 Å². The molecule has 152 valence electrons. The smallest absolute Gasteiger partial charge is 0.191 e. The van der Waals surface area contributed by atoms with Crippen molar-refractivity contribution in [1.82, 2.24) is 25.4 Å². The maximum Gasteiger partial charge on any atom is 0.191 e. The molecule has 0 unspecified atom stereocenters. The summed E-state index contributed by atoms with van der Waals surface area (Å²) in [4.78, 5) is 4.36. The van der Waals surface area contributed by atoms with E-state index in [1.165, 1.54) is 22.9 Å². The topological polar surface area (TPSA) is 67.1 Å². The van der Waals surface area contributed by atoms with E-state index in [4.69, 9.17) is 0 Å². The maximum absolute atomic E-state index is 4.36. The summed E-state index contributed by atoms with van der Waals surface area (Å²) in [5, 5.41) is 15.1. The van der Waals surface area contributed by atoms with Crippen LogP contribution in [0.25, 0.3) is 5.69 Å². The van der Waals surface area contributed by atoms with Gasteiger partial charge >= 0.3 is 0 Å². The van der Waals surface area contributed by atoms with Crippen molar-refractivity contribution >= 4 is 45.9 Å². The molecule has 1 heterocycles. The van der Waals surface area contributed by atoms with E-state index in [1.807, 2.05) is 34.9 Å². The third-order valence-electron chi connectivity index (χ3n) is 5.18. The van der Waals surface area contributed by atoms with E-state index >= 15 is 0 Å². The normalized spacial score (nSPS) is 14.8. The van der Waals surface area contributed by atoms with Gasteiger partial charge in [-0.05, 0) is 36.6 Å². The van der Waals surface area contributed by atoms with Gasteiger partial charge in [0.1, 0.15) is 6.33 Å². The van der Waals surface area contributed by atoms with Gasteiger partial charge in [0.05, 0.1) is 6.54 Å². The van der Waals surface area contributed by atoms with Gasteiger partial charge in [-0.1, -0.05) is 52.3 Å². The van der Waals surface area contributed by atoms with Crippen molar-refractivity contribution in [3.63, 3.8) is 0 Å². The molecule has 0 saturated heterocycles. The van der Waals surface area contributed by atoms with Gasteiger partial charge in [-0.25, -0.2) is 0 Å². The lowest BCUT2D eigenvalue weighted by molar-refractivity contribution is 0.639. The fourth-order valence-corrected chi connectivity index (χ4v) is 4.11. The summed E-state index contributed by atoms with van der Waals surface area (Å²) < 4.78 is 3.15. The quantitative estimate of drug-likeness (QED) is 0.268. The van der Waals surface area contributed by atoms with Crippen LogP contribution in [-0.4, -0.2) is 34.3 Å². The number of nitrogens with one attached hydrogen (secondary N) is 2. The van der Waals surface area contributed by atoms with Crippen LogP contribution >= 0.6 is 39.9 Å². The van der Waals surface area contributed by atoms with Crippen LogP contribution in [0.5, 0.6) is 0 Å². The molecule has 2 aromatic carbocycles. The Morgan fingerprint density at radius 2 is 1.83 bits per heavy atom. The highest BCUT2D eigenvalue weighted by atomic mass is 127. The van der Waals surface area contributed by atoms with Gasteiger partial charge < -0.3 is 10.6 Å². The number of halogens is 2. The fraction of sp³-hybridized carbons (Fsp3) is 0.286. The first kappa shape index (κ1) is 21.8. The molecule has 4 rings (SSSR count). The van der Waals surface area contributed by atoms with Crippen molar-refractivity contribution < 1.29 is 0 Å². The highest BCUT2D eigenvalue weighted by Crippen LogP contribution is 2.49. The molecule has 1 aliphatic rings. The van der Waals surface area contributed by atoms with Crippen molar-refractivity contribution in [3.8, 4) is 5.69 Å². The zero-order valence-electron chi connectivity index (χ0n) is 16.2. The number of rotatable bonds is 6. The number of benzene rings is 2. The minimum atomic E-state index is 0. The summed E-state index contributed by atoms with van der Waals surface area (Å²) >= 11 is 3.69. The molecule has 0 amide bonds. The molecule has 0 atom stereocenters. The number of aliphatic imine (C=N–C) groups is 1. The summed E-state index contributed by atoms with van der Waals surface area (Å²) in [5.74, 6) is 1.60. The molecule has 0 radical (unpaired) electrons. The van der Waals surface area contributed by atoms with Crippen LogP contribution in [0.15, 0.2) is 70.4 Å². The largest absolute Gasteiger partial charge is 0.356 e. The van der Waals surface area contributed by atoms with Gasteiger partial charge in [0.25, 0.3) is 0 Å². The maximum atomic E-state index is 4.36. The molecule has 0 spiro atoms. The second-order valence-electron chi connectivity index (χ2n) is 6.99. The molecule has 2 N–H and O–H groups in total. The summed E-state index contributed by atoms with van der Waals surface area (Å²) in [6, 6.07) is 18.5. The molecule has 1 fully saturated rings. The molecular weight excluding hydrogens is 543 g/mol. The van der Waals surface area contributed by atoms with Gasteiger partial charge in [-0.15, -0.1) is 34.2 Å². The molecule has 1 aromatic heterocycles. The average Bonchev–Trinajstić information content (AvgIpc) is 3.37. The Kier molecular flexibility index (Phi) is 7.28. The Balaban J connectivity index is 0.00000240. The first-order valence-corrected chi connectivity index (χ1v) is 10.1. The Morgan fingerprint density at radius 3 is 2.52 bits per heavy atom. The predicted molar refractivity (Wildman–Crippen MR) is 130 cm³/mol. The Labute approximate surface area is 196 Å². The number of hydrogen-bond donors (Lipinski definition) is 2. The van der Waals surface area contributed by atoms with E-state index in [1.54, 1.807) is 13.4 Å². The molecule has 1 saturated carbocycles. The van der Waals surface area contributed by atoms with Crippen molar-refractivity contribution in [2.24, 2.45) is 4.99 Å². The Bertz CT molecular complexity index is 968. The third kappa shape index (κ3) is 4.98. The predicted octanol–water partition coefficient (Wildman–Crippen LogP) is 4.04. The van der Waals surface area contributed by atoms with E-state index in [-0.39, 0.29) is 29.4 Å². The van der Waals surface area contributed by atoms with Crippen LogP contribution < -0.4 is 10.6 Å². The van der Waals surface area contributed by atoms with E-state index < -0.39 is 0 Å². The fourth-order valence-electron chi connectivity index (χ4n) is 3.40. The molecule has 29 heavy (non-hydrogen) atoms. The van der Waals surface area contributed by atoms with E-state index in [0.29, 0.717) is 6.54 Å². The van der Waals surface area contributed by atoms with E-state index in [0.717, 1.165) is 24.0 Å². The third-order valence-corrected chi connectivity index (χ3v) is 5.87. The summed E-state index contributed by atoms with van der Waals surface area (Å²) in [7, 11) is 1.79. The molecule has 3 aromatic rings. The minimum Gasteiger partial charge on any atom is -0.356 e. The summed E-state index contributed by atoms with van der Waals surface area (Å²) in [6.45, 7) is 1.39. The minimum absolute atomic E-state index is 0. The van der Waals surface area contributed by atoms with Gasteiger partial charge in [-0.3, -0.25) is 9.56 Å². The van der Waals surface area contributed by atoms with Crippen molar-refractivity contribution in [3.05, 3.63) is 76.8 Å². The Morgan fingerprint density at radius 1 is 1.10 bits per heavy atom. The zero-order valence-corrected chi connectivity index (χ0v) is 20.1. The first-order chi connectivity index (χ1) is 13.7. The van der Waals surface area contributed by atoms with Crippen molar-refractivity contribution in [2.75, 3.05) is 13.6 Å². The standard InChI is InChI=1S/C21H23BrN6.HI/c1-23-20(25-14-21(11-12-21)17-9-5-6-10-18(17)22)24-13-19-27-26-15-28(19)16-7-3-2-4-8-16;/h2-10,15H,11-14H2,1H3,(H2,23,24,25);1H. The number of aromatic nitrogens is 3. The number of nitrogens with zero attached hydrogens (tertiary/aromatic N) is 4. The van der Waals surface area contributed by atoms with Crippen LogP contribution in [0.2, 0.25) is 0 Å². The molecular formula is C21H24BrIN6. The molecule has 1 aliphatic carbocycles. The van der Waals surface area contributed by atoms with Gasteiger partial charge in [0.15, 0.2) is 11.8 Å². The highest BCUT2D eigenvalue weighted by Gasteiger charge is 2.45. The molecule has 6 nitrogen and oxygen atoms in total. The zero-order chi connectivity index (χ0) is 19.4.